The quantitative estimate of drug-likeness (QED) is 0.142. The number of para-hydroxylation sites is 3. The van der Waals surface area contributed by atoms with Gasteiger partial charge in [-0.3, -0.25) is 0 Å². The largest absolute Gasteiger partial charge is 0.456 e. The molecule has 18 aromatic carbocycles. The Morgan fingerprint density at radius 2 is 0.595 bits per heavy atom. The van der Waals surface area contributed by atoms with E-state index in [0.717, 1.165) is 187 Å². The molecule has 0 radical (unpaired) electrons. The van der Waals surface area contributed by atoms with Gasteiger partial charge in [-0.15, -0.1) is 0 Å². The van der Waals surface area contributed by atoms with Crippen LogP contribution in [0.1, 0.15) is 74.9 Å². The van der Waals surface area contributed by atoms with Crippen LogP contribution in [0.4, 0.5) is 0 Å². The first-order chi connectivity index (χ1) is 64.2. The van der Waals surface area contributed by atoms with Gasteiger partial charge in [-0.1, -0.05) is 302 Å². The zero-order chi connectivity index (χ0) is 87.3. The van der Waals surface area contributed by atoms with Crippen molar-refractivity contribution < 1.29 is 17.7 Å². The highest BCUT2D eigenvalue weighted by Gasteiger charge is 2.40. The molecule has 0 unspecified atom stereocenters. The SMILES string of the molecule is CC1(C)c2ccccc2-c2cc3oc4c(-c5nc(-c6ccccc6)c6ccc7ccccc7c6n5)cccc4c3cc21.CC1(C)c2ccccc2-c2cc3oc4ccc(-c5nc(-c6cccc7oc8ccccc8c67)c6ccccc6n5)cc4c3cc21.CC1(C)c2ccccc2-c2cc3oc4ccc(-c5nc(-c6ccccc6)c6cc(-c7ccccc7)ccc6n5)cc4c3cc21. The van der Waals surface area contributed by atoms with Gasteiger partial charge in [-0.05, 0) is 199 Å². The third-order valence-corrected chi connectivity index (χ3v) is 28.1. The van der Waals surface area contributed by atoms with E-state index in [9.17, 15) is 0 Å². The van der Waals surface area contributed by atoms with Crippen molar-refractivity contribution >= 4 is 131 Å². The number of nitrogens with zero attached hydrogens (tertiary/aromatic N) is 6. The van der Waals surface area contributed by atoms with E-state index >= 15 is 0 Å². The lowest BCUT2D eigenvalue weighted by atomic mass is 9.82. The van der Waals surface area contributed by atoms with Crippen LogP contribution in [0.5, 0.6) is 0 Å². The Labute approximate surface area is 753 Å². The van der Waals surface area contributed by atoms with E-state index in [1.807, 2.05) is 54.6 Å². The molecule has 0 atom stereocenters. The molecule has 25 aromatic rings. The van der Waals surface area contributed by atoms with Crippen LogP contribution in [-0.4, -0.2) is 29.9 Å². The molecule has 7 aromatic heterocycles. The minimum atomic E-state index is -0.0873. The maximum atomic E-state index is 6.71. The highest BCUT2D eigenvalue weighted by molar-refractivity contribution is 6.17. The van der Waals surface area contributed by atoms with Crippen LogP contribution >= 0.6 is 0 Å². The molecule has 0 bridgehead atoms. The van der Waals surface area contributed by atoms with Crippen molar-refractivity contribution in [3.8, 4) is 112 Å². The van der Waals surface area contributed by atoms with E-state index < -0.39 is 0 Å². The minimum absolute atomic E-state index is 0.0750. The molecular weight excluding hydrogens is 1600 g/mol. The van der Waals surface area contributed by atoms with Gasteiger partial charge in [0.25, 0.3) is 0 Å². The summed E-state index contributed by atoms with van der Waals surface area (Å²) in [6.07, 6.45) is 0. The Balaban J connectivity index is 0.000000103. The molecule has 0 fully saturated rings. The maximum absolute atomic E-state index is 6.71. The molecular formula is C121H80N6O4. The van der Waals surface area contributed by atoms with Crippen molar-refractivity contribution in [3.05, 3.63) is 409 Å². The molecule has 0 amide bonds. The molecule has 0 saturated heterocycles. The molecule has 10 nitrogen and oxygen atoms in total. The molecule has 7 heterocycles. The molecule has 0 saturated carbocycles. The third-order valence-electron chi connectivity index (χ3n) is 28.1. The van der Waals surface area contributed by atoms with Crippen molar-refractivity contribution in [2.75, 3.05) is 0 Å². The van der Waals surface area contributed by atoms with Crippen LogP contribution in [0.3, 0.4) is 0 Å². The first-order valence-corrected chi connectivity index (χ1v) is 44.8. The Morgan fingerprint density at radius 3 is 1.19 bits per heavy atom. The molecule has 0 aliphatic heterocycles. The lowest BCUT2D eigenvalue weighted by molar-refractivity contribution is 0.657. The van der Waals surface area contributed by atoms with Crippen LogP contribution in [0.15, 0.2) is 394 Å². The first-order valence-electron chi connectivity index (χ1n) is 44.8. The highest BCUT2D eigenvalue weighted by atomic mass is 16.3. The Morgan fingerprint density at radius 1 is 0.191 bits per heavy atom. The summed E-state index contributed by atoms with van der Waals surface area (Å²) in [7, 11) is 0. The molecule has 3 aliphatic carbocycles. The van der Waals surface area contributed by atoms with Gasteiger partial charge in [0.2, 0.25) is 0 Å². The first kappa shape index (κ1) is 75.7. The summed E-state index contributed by atoms with van der Waals surface area (Å²) in [4.78, 5) is 31.1. The van der Waals surface area contributed by atoms with Gasteiger partial charge in [-0.2, -0.15) is 0 Å². The van der Waals surface area contributed by atoms with Gasteiger partial charge >= 0.3 is 0 Å². The second-order valence-electron chi connectivity index (χ2n) is 36.6. The second kappa shape index (κ2) is 28.7. The average molecular weight is 1680 g/mol. The van der Waals surface area contributed by atoms with Crippen molar-refractivity contribution in [1.82, 2.24) is 29.9 Å². The zero-order valence-electron chi connectivity index (χ0n) is 72.6. The minimum Gasteiger partial charge on any atom is -0.456 e. The second-order valence-corrected chi connectivity index (χ2v) is 36.6. The van der Waals surface area contributed by atoms with E-state index in [1.165, 1.54) is 72.3 Å². The summed E-state index contributed by atoms with van der Waals surface area (Å²) >= 11 is 0. The number of hydrogen-bond donors (Lipinski definition) is 0. The average Bonchev–Trinajstić information content (AvgIpc) is 1.54. The predicted molar refractivity (Wildman–Crippen MR) is 536 cm³/mol. The van der Waals surface area contributed by atoms with Crippen LogP contribution < -0.4 is 0 Å². The van der Waals surface area contributed by atoms with Crippen LogP contribution in [0.25, 0.3) is 244 Å². The van der Waals surface area contributed by atoms with Gasteiger partial charge in [0.15, 0.2) is 17.5 Å². The number of fused-ring (bicyclic) bond motifs is 26. The fourth-order valence-electron chi connectivity index (χ4n) is 21.5. The van der Waals surface area contributed by atoms with E-state index in [4.69, 9.17) is 47.6 Å². The molecule has 618 valence electrons. The lowest BCUT2D eigenvalue weighted by Crippen LogP contribution is -2.14. The fourth-order valence-corrected chi connectivity index (χ4v) is 21.5. The van der Waals surface area contributed by atoms with Gasteiger partial charge in [0, 0.05) is 109 Å². The molecule has 10 heteroatoms. The lowest BCUT2D eigenvalue weighted by Gasteiger charge is -2.21. The number of aromatic nitrogens is 6. The molecule has 3 aliphatic rings. The molecule has 131 heavy (non-hydrogen) atoms. The molecule has 0 spiro atoms. The summed E-state index contributed by atoms with van der Waals surface area (Å²) in [5.41, 5.74) is 36.3. The van der Waals surface area contributed by atoms with Crippen LogP contribution in [0, 0.1) is 0 Å². The number of benzene rings is 18. The van der Waals surface area contributed by atoms with E-state index in [0.29, 0.717) is 17.5 Å². The Kier molecular flexibility index (Phi) is 16.6. The van der Waals surface area contributed by atoms with E-state index in [-0.39, 0.29) is 16.2 Å². The van der Waals surface area contributed by atoms with Crippen molar-refractivity contribution in [2.45, 2.75) is 57.8 Å². The van der Waals surface area contributed by atoms with Crippen LogP contribution in [0.2, 0.25) is 0 Å². The summed E-state index contributed by atoms with van der Waals surface area (Å²) in [5, 5.41) is 14.1. The summed E-state index contributed by atoms with van der Waals surface area (Å²) in [6.45, 7) is 13.9. The maximum Gasteiger partial charge on any atom is 0.164 e. The van der Waals surface area contributed by atoms with Gasteiger partial charge in [0.1, 0.15) is 44.7 Å². The standard InChI is InChI=1S/C41H26N2O2.C41H28N2O.C39H26N2O/c1-41(2)31-14-6-3-10-24(31)28-22-37-30(21-32(28)41)29-20-23(18-19-35(29)45-37)40-42-33-15-7-4-11-25(33)39(43-40)27-13-9-17-36-38(27)26-12-5-8-16-34(26)44-36;1-41(2)34-16-10-9-15-29(34)30-24-38-32(23-35(30)41)31-22-28(18-20-37(31)44-38)40-42-36-19-17-27(25-11-5-3-6-12-25)21-33(36)39(43-40)26-13-7-4-8-14-26;1-39(2)32-18-9-8-15-26(32)30-22-34-31(21-33(30)39)27-16-10-17-29(37(27)42-34)38-40-35(24-12-4-3-5-13-24)28-20-19-23-11-6-7-14-25(23)36(28)41-38/h3-22H,1-2H3;3-24H,1-2H3;3-22H,1-2H3. The topological polar surface area (TPSA) is 130 Å². The summed E-state index contributed by atoms with van der Waals surface area (Å²) in [6, 6.07) is 132. The van der Waals surface area contributed by atoms with Crippen LogP contribution in [-0.2, 0) is 16.2 Å². The number of furan rings is 4. The fraction of sp³-hybridized carbons (Fsp3) is 0.0744. The van der Waals surface area contributed by atoms with Gasteiger partial charge in [0.05, 0.1) is 39.2 Å². The van der Waals surface area contributed by atoms with E-state index in [2.05, 4.69) is 363 Å². The number of hydrogen-bond acceptors (Lipinski definition) is 10. The summed E-state index contributed by atoms with van der Waals surface area (Å²) < 4.78 is 25.8. The Bertz CT molecular complexity index is 9150. The molecule has 28 rings (SSSR count). The summed E-state index contributed by atoms with van der Waals surface area (Å²) in [5.74, 6) is 2.05. The third kappa shape index (κ3) is 11.8. The normalized spacial score (nSPS) is 13.6. The highest BCUT2D eigenvalue weighted by Crippen LogP contribution is 2.56. The van der Waals surface area contributed by atoms with Gasteiger partial charge < -0.3 is 17.7 Å². The van der Waals surface area contributed by atoms with Gasteiger partial charge in [-0.25, -0.2) is 29.9 Å². The molecule has 0 N–H and O–H groups in total. The van der Waals surface area contributed by atoms with Crippen molar-refractivity contribution in [2.24, 2.45) is 0 Å². The smallest absolute Gasteiger partial charge is 0.164 e. The zero-order valence-corrected chi connectivity index (χ0v) is 72.6. The monoisotopic (exact) mass is 1680 g/mol. The number of rotatable bonds is 7. The van der Waals surface area contributed by atoms with Crippen molar-refractivity contribution in [3.63, 3.8) is 0 Å². The van der Waals surface area contributed by atoms with E-state index in [1.54, 1.807) is 0 Å². The Hall–Kier alpha value is -16.6. The van der Waals surface area contributed by atoms with Crippen molar-refractivity contribution in [1.29, 1.82) is 0 Å². The predicted octanol–water partition coefficient (Wildman–Crippen LogP) is 32.2.